The van der Waals surface area contributed by atoms with Crippen molar-refractivity contribution in [2.75, 3.05) is 28.7 Å². The lowest BCUT2D eigenvalue weighted by Crippen LogP contribution is -2.32. The standard InChI is InChI=1S/C18H19N7O2/c1-10-6-8-24(2)17-14-11(20-9-21-17)3-4-13(22-14)25-15-12(27-10)5-7-19-16(15)23-18(25)26/h3-5,7,9-10,18,26H,6,8H2,1-2H3,(H,19,23)/t10-,18?/m1/s1. The zero-order valence-electron chi connectivity index (χ0n) is 15.0. The van der Waals surface area contributed by atoms with Gasteiger partial charge in [0.05, 0.1) is 11.6 Å². The smallest absolute Gasteiger partial charge is 0.212 e. The molecule has 9 heteroatoms. The first-order valence-electron chi connectivity index (χ1n) is 8.84. The van der Waals surface area contributed by atoms with Crippen LogP contribution in [0.5, 0.6) is 5.75 Å². The normalized spacial score (nSPS) is 21.3. The quantitative estimate of drug-likeness (QED) is 0.618. The molecule has 0 saturated carbocycles. The first-order chi connectivity index (χ1) is 13.1. The Hall–Kier alpha value is -3.20. The summed E-state index contributed by atoms with van der Waals surface area (Å²) in [5, 5.41) is 13.6. The zero-order chi connectivity index (χ0) is 18.5. The van der Waals surface area contributed by atoms with Crippen molar-refractivity contribution in [3.63, 3.8) is 0 Å². The van der Waals surface area contributed by atoms with Crippen molar-refractivity contribution in [3.05, 3.63) is 30.7 Å². The van der Waals surface area contributed by atoms with Gasteiger partial charge in [0.1, 0.15) is 29.1 Å². The molecule has 0 saturated heterocycles. The molecule has 2 aliphatic heterocycles. The number of hydrogen-bond acceptors (Lipinski definition) is 9. The number of ether oxygens (including phenoxy) is 1. The van der Waals surface area contributed by atoms with E-state index in [1.807, 2.05) is 32.2 Å². The van der Waals surface area contributed by atoms with E-state index in [1.54, 1.807) is 17.4 Å². The molecule has 0 radical (unpaired) electrons. The predicted molar refractivity (Wildman–Crippen MR) is 101 cm³/mol. The SMILES string of the molecule is C[C@@H]1CCN(C)c2ncnc3ccc(nc23)N2c3c(ccnc3NC2O)O1. The molecule has 2 aliphatic rings. The highest BCUT2D eigenvalue weighted by Crippen LogP contribution is 2.44. The summed E-state index contributed by atoms with van der Waals surface area (Å²) in [7, 11) is 1.98. The topological polar surface area (TPSA) is 99.5 Å². The summed E-state index contributed by atoms with van der Waals surface area (Å²) in [6.07, 6.45) is 2.99. The highest BCUT2D eigenvalue weighted by atomic mass is 16.5. The van der Waals surface area contributed by atoms with Gasteiger partial charge in [-0.3, -0.25) is 4.90 Å². The summed E-state index contributed by atoms with van der Waals surface area (Å²) in [6.45, 7) is 2.79. The van der Waals surface area contributed by atoms with Crippen LogP contribution in [0.1, 0.15) is 13.3 Å². The second-order valence-electron chi connectivity index (χ2n) is 6.77. The Labute approximate surface area is 155 Å². The van der Waals surface area contributed by atoms with E-state index in [9.17, 15) is 5.11 Å². The Morgan fingerprint density at radius 2 is 2.11 bits per heavy atom. The first kappa shape index (κ1) is 16.0. The maximum Gasteiger partial charge on any atom is 0.212 e. The summed E-state index contributed by atoms with van der Waals surface area (Å²) >= 11 is 0. The van der Waals surface area contributed by atoms with E-state index in [0.717, 1.165) is 24.3 Å². The molecule has 9 nitrogen and oxygen atoms in total. The van der Waals surface area contributed by atoms with E-state index in [-0.39, 0.29) is 6.10 Å². The summed E-state index contributed by atoms with van der Waals surface area (Å²) in [5.74, 6) is 2.54. The Kier molecular flexibility index (Phi) is 3.51. The van der Waals surface area contributed by atoms with E-state index in [1.165, 1.54) is 0 Å². The minimum atomic E-state index is -0.994. The van der Waals surface area contributed by atoms with Crippen molar-refractivity contribution >= 4 is 34.2 Å². The molecule has 0 aliphatic carbocycles. The van der Waals surface area contributed by atoms with Crippen LogP contribution >= 0.6 is 0 Å². The van der Waals surface area contributed by atoms with E-state index in [4.69, 9.17) is 9.72 Å². The van der Waals surface area contributed by atoms with Gasteiger partial charge in [-0.05, 0) is 19.1 Å². The molecule has 0 aromatic carbocycles. The van der Waals surface area contributed by atoms with Crippen LogP contribution in [0.2, 0.25) is 0 Å². The van der Waals surface area contributed by atoms with Crippen molar-refractivity contribution in [3.8, 4) is 5.75 Å². The van der Waals surface area contributed by atoms with Crippen LogP contribution in [0.15, 0.2) is 30.7 Å². The minimum absolute atomic E-state index is 0.0263. The van der Waals surface area contributed by atoms with Crippen molar-refractivity contribution in [1.82, 2.24) is 19.9 Å². The first-order valence-corrected chi connectivity index (χ1v) is 8.84. The lowest BCUT2D eigenvalue weighted by atomic mass is 10.2. The van der Waals surface area contributed by atoms with Gasteiger partial charge >= 0.3 is 0 Å². The molecule has 0 amide bonds. The Bertz CT molecular complexity index is 1030. The van der Waals surface area contributed by atoms with Crippen LogP contribution in [0.3, 0.4) is 0 Å². The lowest BCUT2D eigenvalue weighted by molar-refractivity contribution is 0.205. The fourth-order valence-electron chi connectivity index (χ4n) is 3.51. The molecule has 3 aromatic heterocycles. The van der Waals surface area contributed by atoms with Gasteiger partial charge in [0.25, 0.3) is 0 Å². The number of hydrogen-bond donors (Lipinski definition) is 2. The second-order valence-corrected chi connectivity index (χ2v) is 6.77. The lowest BCUT2D eigenvalue weighted by Gasteiger charge is -2.27. The third-order valence-electron chi connectivity index (χ3n) is 4.89. The average molecular weight is 365 g/mol. The Morgan fingerprint density at radius 1 is 1.22 bits per heavy atom. The number of nitrogens with one attached hydrogen (secondary N) is 1. The molecule has 5 rings (SSSR count). The number of rotatable bonds is 0. The largest absolute Gasteiger partial charge is 0.488 e. The third kappa shape index (κ3) is 2.50. The Morgan fingerprint density at radius 3 is 3.00 bits per heavy atom. The molecule has 2 bridgehead atoms. The van der Waals surface area contributed by atoms with Gasteiger partial charge in [-0.15, -0.1) is 0 Å². The summed E-state index contributed by atoms with van der Waals surface area (Å²) in [4.78, 5) is 21.6. The van der Waals surface area contributed by atoms with E-state index < -0.39 is 6.35 Å². The second kappa shape index (κ2) is 5.92. The monoisotopic (exact) mass is 365 g/mol. The molecule has 138 valence electrons. The van der Waals surface area contributed by atoms with Crippen LogP contribution in [-0.4, -0.2) is 51.1 Å². The summed E-state index contributed by atoms with van der Waals surface area (Å²) in [6, 6.07) is 5.52. The van der Waals surface area contributed by atoms with Crippen LogP contribution in [0.4, 0.5) is 23.1 Å². The number of aliphatic hydroxyl groups is 1. The molecule has 2 atom stereocenters. The number of aromatic nitrogens is 4. The van der Waals surface area contributed by atoms with Crippen LogP contribution in [0, 0.1) is 0 Å². The fraction of sp³-hybridized carbons (Fsp3) is 0.333. The Balaban J connectivity index is 1.77. The average Bonchev–Trinajstić information content (AvgIpc) is 3.01. The van der Waals surface area contributed by atoms with Crippen molar-refractivity contribution in [1.29, 1.82) is 0 Å². The van der Waals surface area contributed by atoms with E-state index in [0.29, 0.717) is 28.6 Å². The van der Waals surface area contributed by atoms with Gasteiger partial charge < -0.3 is 20.1 Å². The van der Waals surface area contributed by atoms with Gasteiger partial charge in [0, 0.05) is 32.3 Å². The van der Waals surface area contributed by atoms with Gasteiger partial charge in [0.2, 0.25) is 6.35 Å². The number of pyridine rings is 2. The van der Waals surface area contributed by atoms with Crippen molar-refractivity contribution in [2.45, 2.75) is 25.8 Å². The van der Waals surface area contributed by atoms with Crippen LogP contribution in [0.25, 0.3) is 11.0 Å². The number of anilines is 4. The van der Waals surface area contributed by atoms with Crippen LogP contribution in [-0.2, 0) is 0 Å². The van der Waals surface area contributed by atoms with Crippen LogP contribution < -0.4 is 19.9 Å². The molecular weight excluding hydrogens is 346 g/mol. The zero-order valence-corrected chi connectivity index (χ0v) is 15.0. The molecule has 5 heterocycles. The van der Waals surface area contributed by atoms with Gasteiger partial charge in [-0.1, -0.05) is 0 Å². The minimum Gasteiger partial charge on any atom is -0.488 e. The van der Waals surface area contributed by atoms with Crippen molar-refractivity contribution in [2.24, 2.45) is 0 Å². The van der Waals surface area contributed by atoms with E-state index >= 15 is 0 Å². The fourth-order valence-corrected chi connectivity index (χ4v) is 3.51. The maximum atomic E-state index is 10.6. The van der Waals surface area contributed by atoms with Gasteiger partial charge in [0.15, 0.2) is 11.6 Å². The van der Waals surface area contributed by atoms with Gasteiger partial charge in [-0.2, -0.15) is 0 Å². The molecule has 0 spiro atoms. The highest BCUT2D eigenvalue weighted by molar-refractivity contribution is 5.89. The molecular formula is C18H19N7O2. The molecule has 0 fully saturated rings. The number of aliphatic hydroxyl groups excluding tert-OH is 1. The summed E-state index contributed by atoms with van der Waals surface area (Å²) < 4.78 is 6.18. The molecule has 27 heavy (non-hydrogen) atoms. The maximum absolute atomic E-state index is 10.6. The number of fused-ring (bicyclic) bond motifs is 2. The highest BCUT2D eigenvalue weighted by Gasteiger charge is 2.34. The van der Waals surface area contributed by atoms with E-state index in [2.05, 4.69) is 25.2 Å². The predicted octanol–water partition coefficient (Wildman–Crippen LogP) is 1.87. The van der Waals surface area contributed by atoms with Gasteiger partial charge in [-0.25, -0.2) is 19.9 Å². The molecule has 2 N–H and O–H groups in total. The third-order valence-corrected chi connectivity index (χ3v) is 4.89. The molecule has 3 aromatic rings. The summed E-state index contributed by atoms with van der Waals surface area (Å²) in [5.41, 5.74) is 2.12. The number of nitrogens with zero attached hydrogens (tertiary/aromatic N) is 6. The van der Waals surface area contributed by atoms with Crippen molar-refractivity contribution < 1.29 is 9.84 Å². The molecule has 1 unspecified atom stereocenters.